The molecular weight excluding hydrogens is 474 g/mol. The smallest absolute Gasteiger partial charge is 0.229 e. The molecule has 1 N–H and O–H groups in total. The van der Waals surface area contributed by atoms with Crippen LogP contribution in [0.3, 0.4) is 0 Å². The number of aromatic nitrogens is 1. The molecular formula is C24H22BrN3O4. The summed E-state index contributed by atoms with van der Waals surface area (Å²) in [4.78, 5) is 31.1. The summed E-state index contributed by atoms with van der Waals surface area (Å²) in [6, 6.07) is 16.4. The highest BCUT2D eigenvalue weighted by molar-refractivity contribution is 9.10. The van der Waals surface area contributed by atoms with Crippen molar-refractivity contribution < 1.29 is 19.1 Å². The minimum atomic E-state index is -0.446. The SMILES string of the molecule is COc1ccc(NC(=O)C2CC(=O)N(c3ccccc3Br)C2)cc1OCc1ccncc1. The van der Waals surface area contributed by atoms with Crippen LogP contribution in [-0.2, 0) is 16.2 Å². The van der Waals surface area contributed by atoms with Gasteiger partial charge in [-0.1, -0.05) is 12.1 Å². The van der Waals surface area contributed by atoms with E-state index in [0.29, 0.717) is 30.3 Å². The Labute approximate surface area is 194 Å². The van der Waals surface area contributed by atoms with Crippen LogP contribution in [0.2, 0.25) is 0 Å². The van der Waals surface area contributed by atoms with Crippen LogP contribution in [0.25, 0.3) is 0 Å². The maximum Gasteiger partial charge on any atom is 0.229 e. The van der Waals surface area contributed by atoms with Gasteiger partial charge in [-0.25, -0.2) is 0 Å². The van der Waals surface area contributed by atoms with Gasteiger partial charge in [0.05, 0.1) is 18.7 Å². The number of pyridine rings is 1. The lowest BCUT2D eigenvalue weighted by Gasteiger charge is -2.18. The molecule has 0 radical (unpaired) electrons. The molecule has 1 saturated heterocycles. The zero-order valence-electron chi connectivity index (χ0n) is 17.5. The van der Waals surface area contributed by atoms with Crippen molar-refractivity contribution in [3.8, 4) is 11.5 Å². The first-order valence-electron chi connectivity index (χ1n) is 10.1. The molecule has 3 aromatic rings. The number of nitrogens with zero attached hydrogens (tertiary/aromatic N) is 2. The molecule has 0 aliphatic carbocycles. The van der Waals surface area contributed by atoms with E-state index in [1.807, 2.05) is 36.4 Å². The summed E-state index contributed by atoms with van der Waals surface area (Å²) in [6.07, 6.45) is 3.56. The summed E-state index contributed by atoms with van der Waals surface area (Å²) in [5.74, 6) is 0.344. The van der Waals surface area contributed by atoms with Gasteiger partial charge in [0, 0.05) is 41.6 Å². The minimum absolute atomic E-state index is 0.0758. The third kappa shape index (κ3) is 4.91. The van der Waals surface area contributed by atoms with Gasteiger partial charge < -0.3 is 19.7 Å². The van der Waals surface area contributed by atoms with Crippen LogP contribution in [0.4, 0.5) is 11.4 Å². The molecule has 0 spiro atoms. The van der Waals surface area contributed by atoms with Crippen LogP contribution < -0.4 is 19.7 Å². The molecule has 4 rings (SSSR count). The fourth-order valence-corrected chi connectivity index (χ4v) is 4.04. The van der Waals surface area contributed by atoms with Crippen molar-refractivity contribution in [2.75, 3.05) is 23.9 Å². The van der Waals surface area contributed by atoms with Gasteiger partial charge in [-0.2, -0.15) is 0 Å². The van der Waals surface area contributed by atoms with Crippen molar-refractivity contribution in [3.05, 3.63) is 77.0 Å². The molecule has 8 heteroatoms. The van der Waals surface area contributed by atoms with Gasteiger partial charge >= 0.3 is 0 Å². The molecule has 0 saturated carbocycles. The van der Waals surface area contributed by atoms with Crippen molar-refractivity contribution in [1.29, 1.82) is 0 Å². The van der Waals surface area contributed by atoms with E-state index >= 15 is 0 Å². The quantitative estimate of drug-likeness (QED) is 0.524. The zero-order valence-corrected chi connectivity index (χ0v) is 19.0. The summed E-state index contributed by atoms with van der Waals surface area (Å²) < 4.78 is 12.1. The first kappa shape index (κ1) is 21.8. The maximum absolute atomic E-state index is 12.9. The predicted molar refractivity (Wildman–Crippen MR) is 125 cm³/mol. The number of ether oxygens (including phenoxy) is 2. The van der Waals surface area contributed by atoms with E-state index in [0.717, 1.165) is 15.7 Å². The number of methoxy groups -OCH3 is 1. The Balaban J connectivity index is 1.44. The lowest BCUT2D eigenvalue weighted by atomic mass is 10.1. The maximum atomic E-state index is 12.9. The normalized spacial score (nSPS) is 15.5. The minimum Gasteiger partial charge on any atom is -0.493 e. The lowest BCUT2D eigenvalue weighted by molar-refractivity contribution is -0.122. The number of hydrogen-bond donors (Lipinski definition) is 1. The third-order valence-corrected chi connectivity index (χ3v) is 5.88. The zero-order chi connectivity index (χ0) is 22.5. The number of hydrogen-bond acceptors (Lipinski definition) is 5. The van der Waals surface area contributed by atoms with Gasteiger partial charge in [0.25, 0.3) is 0 Å². The Morgan fingerprint density at radius 1 is 1.16 bits per heavy atom. The molecule has 2 heterocycles. The Morgan fingerprint density at radius 2 is 1.94 bits per heavy atom. The molecule has 1 aliphatic heterocycles. The van der Waals surface area contributed by atoms with Crippen molar-refractivity contribution in [2.24, 2.45) is 5.92 Å². The van der Waals surface area contributed by atoms with Crippen molar-refractivity contribution >= 4 is 39.1 Å². The van der Waals surface area contributed by atoms with E-state index in [4.69, 9.17) is 9.47 Å². The largest absolute Gasteiger partial charge is 0.493 e. The van der Waals surface area contributed by atoms with Crippen LogP contribution in [0, 0.1) is 5.92 Å². The summed E-state index contributed by atoms with van der Waals surface area (Å²) in [7, 11) is 1.56. The van der Waals surface area contributed by atoms with E-state index in [9.17, 15) is 9.59 Å². The van der Waals surface area contributed by atoms with Gasteiger partial charge in [0.15, 0.2) is 11.5 Å². The topological polar surface area (TPSA) is 80.8 Å². The standard InChI is InChI=1S/C24H22BrN3O4/c1-31-21-7-6-18(13-22(21)32-15-16-8-10-26-11-9-16)27-24(30)17-12-23(29)28(14-17)20-5-3-2-4-19(20)25/h2-11,13,17H,12,14-15H2,1H3,(H,27,30). The van der Waals surface area contributed by atoms with E-state index in [-0.39, 0.29) is 18.2 Å². The second-order valence-electron chi connectivity index (χ2n) is 7.36. The summed E-state index contributed by atoms with van der Waals surface area (Å²) in [6.45, 7) is 0.670. The monoisotopic (exact) mass is 495 g/mol. The van der Waals surface area contributed by atoms with Crippen LogP contribution in [0.1, 0.15) is 12.0 Å². The van der Waals surface area contributed by atoms with Crippen LogP contribution in [0.5, 0.6) is 11.5 Å². The highest BCUT2D eigenvalue weighted by atomic mass is 79.9. The fourth-order valence-electron chi connectivity index (χ4n) is 3.54. The number of anilines is 2. The van der Waals surface area contributed by atoms with Gasteiger partial charge in [0.1, 0.15) is 6.61 Å². The average molecular weight is 496 g/mol. The Kier molecular flexibility index (Phi) is 6.70. The molecule has 2 amide bonds. The highest BCUT2D eigenvalue weighted by Gasteiger charge is 2.35. The Morgan fingerprint density at radius 3 is 2.69 bits per heavy atom. The van der Waals surface area contributed by atoms with E-state index in [1.165, 1.54) is 0 Å². The first-order valence-corrected chi connectivity index (χ1v) is 10.9. The third-order valence-electron chi connectivity index (χ3n) is 5.21. The second-order valence-corrected chi connectivity index (χ2v) is 8.21. The molecule has 1 atom stereocenters. The van der Waals surface area contributed by atoms with Gasteiger partial charge in [-0.05, 0) is 57.9 Å². The number of carbonyl (C=O) groups excluding carboxylic acids is 2. The molecule has 2 aromatic carbocycles. The molecule has 7 nitrogen and oxygen atoms in total. The van der Waals surface area contributed by atoms with E-state index in [1.54, 1.807) is 42.6 Å². The number of rotatable bonds is 7. The Bertz CT molecular complexity index is 1120. The Hall–Kier alpha value is -3.39. The molecule has 1 aliphatic rings. The molecule has 164 valence electrons. The van der Waals surface area contributed by atoms with Crippen LogP contribution in [0.15, 0.2) is 71.5 Å². The average Bonchev–Trinajstić information content (AvgIpc) is 3.20. The number of benzene rings is 2. The fraction of sp³-hybridized carbons (Fsp3) is 0.208. The summed E-state index contributed by atoms with van der Waals surface area (Å²) in [5.41, 5.74) is 2.31. The van der Waals surface area contributed by atoms with Crippen molar-refractivity contribution in [2.45, 2.75) is 13.0 Å². The molecule has 1 aromatic heterocycles. The van der Waals surface area contributed by atoms with Crippen LogP contribution in [-0.4, -0.2) is 30.5 Å². The first-order chi connectivity index (χ1) is 15.5. The number of para-hydroxylation sites is 1. The van der Waals surface area contributed by atoms with Crippen LogP contribution >= 0.6 is 15.9 Å². The number of nitrogens with one attached hydrogen (secondary N) is 1. The molecule has 32 heavy (non-hydrogen) atoms. The second kappa shape index (κ2) is 9.82. The van der Waals surface area contributed by atoms with Gasteiger partial charge in [0.2, 0.25) is 11.8 Å². The predicted octanol–water partition coefficient (Wildman–Crippen LogP) is 4.42. The molecule has 1 fully saturated rings. The number of amides is 2. The van der Waals surface area contributed by atoms with Crippen molar-refractivity contribution in [3.63, 3.8) is 0 Å². The number of carbonyl (C=O) groups is 2. The molecule has 1 unspecified atom stereocenters. The van der Waals surface area contributed by atoms with Gasteiger partial charge in [-0.15, -0.1) is 0 Å². The lowest BCUT2D eigenvalue weighted by Crippen LogP contribution is -2.28. The van der Waals surface area contributed by atoms with Crippen molar-refractivity contribution in [1.82, 2.24) is 4.98 Å². The van der Waals surface area contributed by atoms with E-state index in [2.05, 4.69) is 26.2 Å². The molecule has 0 bridgehead atoms. The summed E-state index contributed by atoms with van der Waals surface area (Å²) >= 11 is 3.47. The van der Waals surface area contributed by atoms with Gasteiger partial charge in [-0.3, -0.25) is 14.6 Å². The highest BCUT2D eigenvalue weighted by Crippen LogP contribution is 2.33. The number of halogens is 1. The van der Waals surface area contributed by atoms with E-state index < -0.39 is 5.92 Å². The summed E-state index contributed by atoms with van der Waals surface area (Å²) in [5, 5.41) is 2.91.